The number of ether oxygens (including phenoxy) is 2. The topological polar surface area (TPSA) is 132 Å². The fraction of sp³-hybridized carbons (Fsp3) is 0.200. The van der Waals surface area contributed by atoms with Gasteiger partial charge in [0.05, 0.1) is 23.9 Å². The monoisotopic (exact) mass is 465 g/mol. The molecular weight excluding hydrogens is 442 g/mol. The highest BCUT2D eigenvalue weighted by molar-refractivity contribution is 5.96. The van der Waals surface area contributed by atoms with Crippen molar-refractivity contribution < 1.29 is 38.2 Å². The van der Waals surface area contributed by atoms with Crippen LogP contribution in [0.15, 0.2) is 71.3 Å². The number of hydrogen-bond acceptors (Lipinski definition) is 7. The number of aliphatic carboxylic acids is 1. The number of esters is 2. The van der Waals surface area contributed by atoms with Gasteiger partial charge in [0.1, 0.15) is 5.76 Å². The fourth-order valence-electron chi connectivity index (χ4n) is 3.09. The van der Waals surface area contributed by atoms with E-state index in [0.29, 0.717) is 5.76 Å². The average Bonchev–Trinajstić information content (AvgIpc) is 3.33. The Morgan fingerprint density at radius 1 is 0.853 bits per heavy atom. The maximum absolute atomic E-state index is 12.9. The lowest BCUT2D eigenvalue weighted by atomic mass is 10.1. The number of aryl methyl sites for hydroxylation is 2. The molecule has 0 aliphatic rings. The van der Waals surface area contributed by atoms with Gasteiger partial charge in [-0.2, -0.15) is 0 Å². The van der Waals surface area contributed by atoms with Crippen LogP contribution in [0.4, 0.5) is 0 Å². The zero-order valence-corrected chi connectivity index (χ0v) is 18.5. The van der Waals surface area contributed by atoms with E-state index in [9.17, 15) is 24.3 Å². The predicted octanol–water partition coefficient (Wildman–Crippen LogP) is 3.05. The van der Waals surface area contributed by atoms with Gasteiger partial charge < -0.3 is 24.3 Å². The molecule has 9 heteroatoms. The van der Waals surface area contributed by atoms with E-state index in [1.807, 2.05) is 0 Å². The first-order chi connectivity index (χ1) is 16.2. The molecule has 34 heavy (non-hydrogen) atoms. The Hall–Kier alpha value is -4.40. The van der Waals surface area contributed by atoms with Gasteiger partial charge >= 0.3 is 17.9 Å². The minimum Gasteiger partial charge on any atom is -0.478 e. The highest BCUT2D eigenvalue weighted by atomic mass is 16.6. The Bertz CT molecular complexity index is 1190. The number of rotatable bonds is 9. The molecule has 0 unspecified atom stereocenters. The van der Waals surface area contributed by atoms with Crippen LogP contribution in [0.5, 0.6) is 0 Å². The van der Waals surface area contributed by atoms with Gasteiger partial charge in [-0.1, -0.05) is 35.4 Å². The normalized spacial score (nSPS) is 12.3. The molecule has 0 aliphatic heterocycles. The van der Waals surface area contributed by atoms with E-state index in [1.165, 1.54) is 30.5 Å². The Kier molecular flexibility index (Phi) is 7.81. The lowest BCUT2D eigenvalue weighted by Gasteiger charge is -2.23. The van der Waals surface area contributed by atoms with Crippen molar-refractivity contribution in [2.24, 2.45) is 0 Å². The van der Waals surface area contributed by atoms with Crippen molar-refractivity contribution in [1.29, 1.82) is 0 Å². The summed E-state index contributed by atoms with van der Waals surface area (Å²) in [5.41, 5.74) is 1.71. The maximum atomic E-state index is 12.9. The van der Waals surface area contributed by atoms with Gasteiger partial charge in [0.15, 0.2) is 0 Å². The molecule has 0 fully saturated rings. The molecule has 2 atom stereocenters. The number of carboxylic acids is 1. The summed E-state index contributed by atoms with van der Waals surface area (Å²) in [5.74, 6) is -4.16. The van der Waals surface area contributed by atoms with Crippen molar-refractivity contribution in [3.63, 3.8) is 0 Å². The summed E-state index contributed by atoms with van der Waals surface area (Å²) in [7, 11) is 0. The molecule has 2 aromatic carbocycles. The van der Waals surface area contributed by atoms with Crippen LogP contribution in [-0.2, 0) is 25.6 Å². The lowest BCUT2D eigenvalue weighted by Crippen LogP contribution is -2.50. The van der Waals surface area contributed by atoms with Gasteiger partial charge in [-0.15, -0.1) is 0 Å². The summed E-state index contributed by atoms with van der Waals surface area (Å²) in [6.07, 6.45) is -2.66. The van der Waals surface area contributed by atoms with E-state index in [-0.39, 0.29) is 17.7 Å². The fourth-order valence-corrected chi connectivity index (χ4v) is 3.09. The van der Waals surface area contributed by atoms with Crippen molar-refractivity contribution in [3.8, 4) is 0 Å². The summed E-state index contributed by atoms with van der Waals surface area (Å²) >= 11 is 0. The molecule has 0 spiro atoms. The van der Waals surface area contributed by atoms with E-state index in [2.05, 4.69) is 5.32 Å². The van der Waals surface area contributed by atoms with Crippen molar-refractivity contribution in [1.82, 2.24) is 5.32 Å². The highest BCUT2D eigenvalue weighted by Crippen LogP contribution is 2.15. The van der Waals surface area contributed by atoms with Crippen LogP contribution in [-0.4, -0.2) is 41.1 Å². The average molecular weight is 465 g/mol. The summed E-state index contributed by atoms with van der Waals surface area (Å²) in [6.45, 7) is 3.41. The second-order valence-corrected chi connectivity index (χ2v) is 7.53. The Balaban J connectivity index is 1.86. The lowest BCUT2D eigenvalue weighted by molar-refractivity contribution is -0.159. The molecule has 1 amide bonds. The van der Waals surface area contributed by atoms with Crippen molar-refractivity contribution in [3.05, 3.63) is 94.9 Å². The third-order valence-corrected chi connectivity index (χ3v) is 4.77. The molecule has 176 valence electrons. The largest absolute Gasteiger partial charge is 0.478 e. The molecule has 1 aromatic heterocycles. The molecule has 0 bridgehead atoms. The second-order valence-electron chi connectivity index (χ2n) is 7.53. The molecule has 0 aliphatic carbocycles. The zero-order valence-electron chi connectivity index (χ0n) is 18.5. The van der Waals surface area contributed by atoms with E-state index >= 15 is 0 Å². The van der Waals surface area contributed by atoms with E-state index in [0.717, 1.165) is 11.1 Å². The van der Waals surface area contributed by atoms with Crippen LogP contribution in [0.3, 0.4) is 0 Å². The Morgan fingerprint density at radius 2 is 1.41 bits per heavy atom. The number of furan rings is 1. The molecule has 1 heterocycles. The van der Waals surface area contributed by atoms with Crippen molar-refractivity contribution >= 4 is 23.8 Å². The second kappa shape index (κ2) is 11.0. The van der Waals surface area contributed by atoms with E-state index in [4.69, 9.17) is 13.9 Å². The smallest absolute Gasteiger partial charge is 0.349 e. The summed E-state index contributed by atoms with van der Waals surface area (Å²) < 4.78 is 15.5. The maximum Gasteiger partial charge on any atom is 0.349 e. The first-order valence-electron chi connectivity index (χ1n) is 10.3. The standard InChI is InChI=1S/C25H23NO8/c1-15-6-3-8-17(12-15)24(30)33-20(22(27)26-14-19-10-5-11-32-19)21(23(28)29)34-25(31)18-9-4-7-16(2)13-18/h3-13,20-21H,14H2,1-2H3,(H,26,27)(H,28,29)/t20-,21+/m1/s1. The number of carbonyl (C=O) groups is 4. The SMILES string of the molecule is Cc1cccc(C(=O)O[C@H](C(=O)O)[C@@H](OC(=O)c2cccc(C)c2)C(=O)NCc2ccco2)c1. The van der Waals surface area contributed by atoms with Gasteiger partial charge in [0.2, 0.25) is 12.2 Å². The van der Waals surface area contributed by atoms with Crippen molar-refractivity contribution in [2.75, 3.05) is 0 Å². The Labute approximate surface area is 195 Å². The molecule has 0 radical (unpaired) electrons. The van der Waals surface area contributed by atoms with Crippen LogP contribution >= 0.6 is 0 Å². The van der Waals surface area contributed by atoms with Gasteiger partial charge in [0, 0.05) is 0 Å². The van der Waals surface area contributed by atoms with Crippen molar-refractivity contribution in [2.45, 2.75) is 32.6 Å². The predicted molar refractivity (Wildman–Crippen MR) is 119 cm³/mol. The molecule has 3 aromatic rings. The summed E-state index contributed by atoms with van der Waals surface area (Å²) in [4.78, 5) is 50.3. The quantitative estimate of drug-likeness (QED) is 0.461. The molecule has 2 N–H and O–H groups in total. The number of hydrogen-bond donors (Lipinski definition) is 2. The van der Waals surface area contributed by atoms with Gasteiger partial charge in [-0.25, -0.2) is 14.4 Å². The minimum atomic E-state index is -2.10. The van der Waals surface area contributed by atoms with Crippen LogP contribution in [0.2, 0.25) is 0 Å². The minimum absolute atomic E-state index is 0.0889. The van der Waals surface area contributed by atoms with Gasteiger partial charge in [-0.05, 0) is 50.2 Å². The van der Waals surface area contributed by atoms with Crippen LogP contribution in [0.1, 0.15) is 37.6 Å². The molecule has 9 nitrogen and oxygen atoms in total. The van der Waals surface area contributed by atoms with Gasteiger partial charge in [-0.3, -0.25) is 4.79 Å². The third-order valence-electron chi connectivity index (χ3n) is 4.77. The molecule has 3 rings (SSSR count). The number of carboxylic acid groups (broad SMARTS) is 1. The zero-order chi connectivity index (χ0) is 24.7. The number of amides is 1. The number of carbonyl (C=O) groups excluding carboxylic acids is 3. The molecule has 0 saturated carbocycles. The first-order valence-corrected chi connectivity index (χ1v) is 10.3. The van der Waals surface area contributed by atoms with Crippen LogP contribution in [0.25, 0.3) is 0 Å². The summed E-state index contributed by atoms with van der Waals surface area (Å²) in [6, 6.07) is 15.9. The number of benzene rings is 2. The molecule has 0 saturated heterocycles. The first kappa shape index (κ1) is 24.2. The van der Waals surface area contributed by atoms with Crippen LogP contribution < -0.4 is 5.32 Å². The number of nitrogens with one attached hydrogen (secondary N) is 1. The highest BCUT2D eigenvalue weighted by Gasteiger charge is 2.41. The Morgan fingerprint density at radius 3 is 1.88 bits per heavy atom. The van der Waals surface area contributed by atoms with E-state index in [1.54, 1.807) is 50.2 Å². The third kappa shape index (κ3) is 6.32. The van der Waals surface area contributed by atoms with E-state index < -0.39 is 36.0 Å². The molecular formula is C25H23NO8. The summed E-state index contributed by atoms with van der Waals surface area (Å²) in [5, 5.41) is 12.2. The van der Waals surface area contributed by atoms with Crippen LogP contribution in [0, 0.1) is 13.8 Å². The van der Waals surface area contributed by atoms with Gasteiger partial charge in [0.25, 0.3) is 5.91 Å².